The van der Waals surface area contributed by atoms with Gasteiger partial charge in [0, 0.05) is 61.5 Å². The number of nitrogens with one attached hydrogen (secondary N) is 2. The van der Waals surface area contributed by atoms with Crippen molar-refractivity contribution in [2.24, 2.45) is 5.92 Å². The monoisotopic (exact) mass is 353 g/mol. The van der Waals surface area contributed by atoms with Crippen LogP contribution in [0.15, 0.2) is 30.7 Å². The Labute approximate surface area is 151 Å². The van der Waals surface area contributed by atoms with Gasteiger partial charge in [0.2, 0.25) is 5.91 Å². The molecule has 3 aromatic heterocycles. The molecule has 0 atom stereocenters. The standard InChI is InChI=1S/C19H23N5O2/c1-26-11-8-22-19(25)13-4-9-24(10-5-13)16-3-7-20-15-12-23-18-14(17(15)16)2-6-21-18/h2-3,6-7,12-13,20H,4-5,8-11H2,1H3,(H,22,25). The number of methoxy groups -OCH3 is 1. The molecule has 1 saturated heterocycles. The van der Waals surface area contributed by atoms with Gasteiger partial charge in [-0.2, -0.15) is 0 Å². The number of nitrogens with zero attached hydrogens (tertiary/aromatic N) is 3. The molecule has 0 aromatic carbocycles. The zero-order valence-corrected chi connectivity index (χ0v) is 14.9. The van der Waals surface area contributed by atoms with Gasteiger partial charge in [-0.25, -0.2) is 9.97 Å². The van der Waals surface area contributed by atoms with Crippen molar-refractivity contribution in [3.8, 4) is 0 Å². The van der Waals surface area contributed by atoms with Crippen molar-refractivity contribution in [1.29, 1.82) is 0 Å². The van der Waals surface area contributed by atoms with Gasteiger partial charge in [0.1, 0.15) is 0 Å². The first-order valence-corrected chi connectivity index (χ1v) is 9.00. The molecule has 1 fully saturated rings. The van der Waals surface area contributed by atoms with E-state index < -0.39 is 0 Å². The van der Waals surface area contributed by atoms with Gasteiger partial charge in [0.25, 0.3) is 0 Å². The van der Waals surface area contributed by atoms with E-state index in [1.807, 2.05) is 18.5 Å². The molecule has 0 bridgehead atoms. The number of hydrogen-bond donors (Lipinski definition) is 2. The Hall–Kier alpha value is -2.67. The number of piperidine rings is 1. The number of aromatic nitrogens is 3. The summed E-state index contributed by atoms with van der Waals surface area (Å²) in [7, 11) is 1.64. The lowest BCUT2D eigenvalue weighted by molar-refractivity contribution is -0.125. The first kappa shape index (κ1) is 16.8. The van der Waals surface area contributed by atoms with Crippen LogP contribution in [0.2, 0.25) is 0 Å². The first-order chi connectivity index (χ1) is 12.8. The lowest BCUT2D eigenvalue weighted by atomic mass is 9.95. The van der Waals surface area contributed by atoms with Crippen LogP contribution in [0.4, 0.5) is 5.69 Å². The molecule has 2 N–H and O–H groups in total. The Morgan fingerprint density at radius 2 is 2.19 bits per heavy atom. The maximum absolute atomic E-state index is 12.3. The summed E-state index contributed by atoms with van der Waals surface area (Å²) in [6.07, 6.45) is 7.29. The first-order valence-electron chi connectivity index (χ1n) is 9.00. The van der Waals surface area contributed by atoms with Gasteiger partial charge >= 0.3 is 0 Å². The second-order valence-corrected chi connectivity index (χ2v) is 6.64. The van der Waals surface area contributed by atoms with Gasteiger partial charge in [-0.05, 0) is 25.0 Å². The van der Waals surface area contributed by atoms with E-state index in [9.17, 15) is 4.79 Å². The highest BCUT2D eigenvalue weighted by Gasteiger charge is 2.26. The van der Waals surface area contributed by atoms with Gasteiger partial charge in [0.05, 0.1) is 18.3 Å². The normalized spacial score (nSPS) is 15.7. The molecule has 1 aliphatic heterocycles. The molecule has 0 spiro atoms. The van der Waals surface area contributed by atoms with Crippen LogP contribution in [-0.2, 0) is 9.53 Å². The van der Waals surface area contributed by atoms with Crippen LogP contribution in [0.3, 0.4) is 0 Å². The predicted molar refractivity (Wildman–Crippen MR) is 101 cm³/mol. The molecule has 136 valence electrons. The highest BCUT2D eigenvalue weighted by atomic mass is 16.5. The fourth-order valence-electron chi connectivity index (χ4n) is 3.71. The molecule has 1 amide bonds. The van der Waals surface area contributed by atoms with Crippen molar-refractivity contribution in [3.05, 3.63) is 30.7 Å². The van der Waals surface area contributed by atoms with Crippen LogP contribution >= 0.6 is 0 Å². The summed E-state index contributed by atoms with van der Waals surface area (Å²) >= 11 is 0. The Morgan fingerprint density at radius 3 is 3.00 bits per heavy atom. The fourth-order valence-corrected chi connectivity index (χ4v) is 3.71. The van der Waals surface area contributed by atoms with Gasteiger partial charge in [-0.3, -0.25) is 4.79 Å². The van der Waals surface area contributed by atoms with E-state index in [0.717, 1.165) is 47.9 Å². The summed E-state index contributed by atoms with van der Waals surface area (Å²) in [5.41, 5.74) is 2.95. The summed E-state index contributed by atoms with van der Waals surface area (Å²) in [6.45, 7) is 2.84. The molecule has 1 aliphatic rings. The lowest BCUT2D eigenvalue weighted by Crippen LogP contribution is -2.41. The van der Waals surface area contributed by atoms with E-state index in [0.29, 0.717) is 13.2 Å². The van der Waals surface area contributed by atoms with E-state index in [2.05, 4.69) is 31.2 Å². The number of aromatic amines is 1. The molecule has 7 heteroatoms. The van der Waals surface area contributed by atoms with Crippen molar-refractivity contribution >= 4 is 33.5 Å². The number of rotatable bonds is 5. The molecular formula is C19H23N5O2. The molecule has 4 heterocycles. The minimum atomic E-state index is 0.0759. The predicted octanol–water partition coefficient (Wildman–Crippen LogP) is 2.09. The summed E-state index contributed by atoms with van der Waals surface area (Å²) in [6, 6.07) is 4.12. The van der Waals surface area contributed by atoms with Crippen LogP contribution in [0.5, 0.6) is 0 Å². The second kappa shape index (κ2) is 7.29. The number of pyridine rings is 2. The number of amides is 1. The summed E-state index contributed by atoms with van der Waals surface area (Å²) in [5.74, 6) is 0.215. The number of fused-ring (bicyclic) bond motifs is 3. The van der Waals surface area contributed by atoms with E-state index >= 15 is 0 Å². The Morgan fingerprint density at radius 1 is 1.35 bits per heavy atom. The van der Waals surface area contributed by atoms with Crippen molar-refractivity contribution in [3.63, 3.8) is 0 Å². The molecule has 3 aromatic rings. The average Bonchev–Trinajstić information content (AvgIpc) is 3.17. The van der Waals surface area contributed by atoms with Gasteiger partial charge in [-0.1, -0.05) is 0 Å². The van der Waals surface area contributed by atoms with E-state index in [1.54, 1.807) is 13.3 Å². The third-order valence-electron chi connectivity index (χ3n) is 5.08. The maximum atomic E-state index is 12.3. The average molecular weight is 353 g/mol. The van der Waals surface area contributed by atoms with Crippen LogP contribution in [0, 0.1) is 5.92 Å². The van der Waals surface area contributed by atoms with Crippen LogP contribution in [-0.4, -0.2) is 54.2 Å². The number of ether oxygens (including phenoxy) is 1. The number of H-pyrrole nitrogens is 1. The van der Waals surface area contributed by atoms with E-state index in [-0.39, 0.29) is 11.8 Å². The zero-order chi connectivity index (χ0) is 17.9. The Kier molecular flexibility index (Phi) is 4.71. The highest BCUT2D eigenvalue weighted by Crippen LogP contribution is 2.33. The molecule has 26 heavy (non-hydrogen) atoms. The van der Waals surface area contributed by atoms with E-state index in [1.165, 1.54) is 5.69 Å². The molecule has 0 saturated carbocycles. The summed E-state index contributed by atoms with van der Waals surface area (Å²) < 4.78 is 4.99. The largest absolute Gasteiger partial charge is 0.383 e. The maximum Gasteiger partial charge on any atom is 0.223 e. The lowest BCUT2D eigenvalue weighted by Gasteiger charge is -2.33. The number of hydrogen-bond acceptors (Lipinski definition) is 5. The molecule has 4 rings (SSSR count). The Bertz CT molecular complexity index is 915. The van der Waals surface area contributed by atoms with Crippen molar-refractivity contribution < 1.29 is 9.53 Å². The summed E-state index contributed by atoms with van der Waals surface area (Å²) in [5, 5.41) is 5.17. The fraction of sp³-hybridized carbons (Fsp3) is 0.421. The van der Waals surface area contributed by atoms with Crippen molar-refractivity contribution in [2.75, 3.05) is 38.3 Å². The second-order valence-electron chi connectivity index (χ2n) is 6.64. The minimum Gasteiger partial charge on any atom is -0.383 e. The van der Waals surface area contributed by atoms with Crippen molar-refractivity contribution in [1.82, 2.24) is 20.3 Å². The molecular weight excluding hydrogens is 330 g/mol. The third kappa shape index (κ3) is 3.10. The SMILES string of the molecule is COCCNC(=O)C1CCN(c2cc[nH]c3cnc4nccc4c23)CC1. The van der Waals surface area contributed by atoms with Gasteiger partial charge < -0.3 is 19.9 Å². The highest BCUT2D eigenvalue weighted by molar-refractivity contribution is 6.10. The smallest absolute Gasteiger partial charge is 0.223 e. The number of carbonyl (C=O) groups is 1. The summed E-state index contributed by atoms with van der Waals surface area (Å²) in [4.78, 5) is 26.6. The number of carbonyl (C=O) groups excluding carboxylic acids is 1. The van der Waals surface area contributed by atoms with Crippen molar-refractivity contribution in [2.45, 2.75) is 12.8 Å². The topological polar surface area (TPSA) is 83.1 Å². The van der Waals surface area contributed by atoms with Gasteiger partial charge in [0.15, 0.2) is 5.65 Å². The quantitative estimate of drug-likeness (QED) is 0.686. The molecule has 0 radical (unpaired) electrons. The van der Waals surface area contributed by atoms with Crippen LogP contribution < -0.4 is 10.2 Å². The van der Waals surface area contributed by atoms with Crippen LogP contribution in [0.1, 0.15) is 12.8 Å². The molecule has 0 unspecified atom stereocenters. The molecule has 0 aliphatic carbocycles. The van der Waals surface area contributed by atoms with Gasteiger partial charge in [-0.15, -0.1) is 0 Å². The molecule has 7 nitrogen and oxygen atoms in total. The third-order valence-corrected chi connectivity index (χ3v) is 5.08. The van der Waals surface area contributed by atoms with Crippen LogP contribution in [0.25, 0.3) is 21.9 Å². The number of anilines is 1. The zero-order valence-electron chi connectivity index (χ0n) is 14.9. The Balaban J connectivity index is 1.53. The van der Waals surface area contributed by atoms with E-state index in [4.69, 9.17) is 4.74 Å². The minimum absolute atomic E-state index is 0.0759.